The maximum absolute atomic E-state index is 11.7. The number of hydrogen-bond acceptors (Lipinski definition) is 5. The van der Waals surface area contributed by atoms with E-state index in [0.717, 1.165) is 19.3 Å². The molecule has 0 atom stereocenters. The molecule has 1 N–H and O–H groups in total. The number of carboxylic acids is 1. The van der Waals surface area contributed by atoms with Crippen molar-refractivity contribution in [1.82, 2.24) is 10.1 Å². The third-order valence-electron chi connectivity index (χ3n) is 4.18. The van der Waals surface area contributed by atoms with Crippen molar-refractivity contribution in [3.63, 3.8) is 0 Å². The smallest absolute Gasteiger partial charge is 0.310 e. The summed E-state index contributed by atoms with van der Waals surface area (Å²) in [6.07, 6.45) is 5.42. The Hall–Kier alpha value is -1.69. The zero-order valence-electron chi connectivity index (χ0n) is 11.7. The van der Waals surface area contributed by atoms with Gasteiger partial charge in [-0.3, -0.25) is 4.79 Å². The molecule has 1 aliphatic carbocycles. The molecular weight excluding hydrogens is 288 g/mol. The van der Waals surface area contributed by atoms with Gasteiger partial charge in [0.05, 0.1) is 5.41 Å². The van der Waals surface area contributed by atoms with Crippen LogP contribution >= 0.6 is 11.3 Å². The van der Waals surface area contributed by atoms with Crippen LogP contribution in [0.5, 0.6) is 0 Å². The Balaban J connectivity index is 1.72. The van der Waals surface area contributed by atoms with Gasteiger partial charge in [-0.1, -0.05) is 30.5 Å². The molecule has 1 fully saturated rings. The van der Waals surface area contributed by atoms with Crippen molar-refractivity contribution in [2.24, 2.45) is 5.41 Å². The van der Waals surface area contributed by atoms with E-state index in [0.29, 0.717) is 37.4 Å². The molecule has 3 rings (SSSR count). The molecule has 1 saturated carbocycles. The van der Waals surface area contributed by atoms with E-state index in [1.165, 1.54) is 4.88 Å². The van der Waals surface area contributed by atoms with Crippen molar-refractivity contribution >= 4 is 17.3 Å². The van der Waals surface area contributed by atoms with E-state index in [9.17, 15) is 9.90 Å². The van der Waals surface area contributed by atoms with Crippen molar-refractivity contribution in [3.05, 3.63) is 34.1 Å². The quantitative estimate of drug-likeness (QED) is 0.917. The van der Waals surface area contributed by atoms with Gasteiger partial charge in [-0.15, -0.1) is 11.3 Å². The lowest BCUT2D eigenvalue weighted by Crippen LogP contribution is -2.35. The van der Waals surface area contributed by atoms with E-state index in [-0.39, 0.29) is 0 Å². The van der Waals surface area contributed by atoms with E-state index in [1.807, 2.05) is 17.5 Å². The number of aromatic nitrogens is 2. The fraction of sp³-hybridized carbons (Fsp3) is 0.533. The van der Waals surface area contributed by atoms with Crippen molar-refractivity contribution in [3.8, 4) is 0 Å². The summed E-state index contributed by atoms with van der Waals surface area (Å²) >= 11 is 1.65. The van der Waals surface area contributed by atoms with E-state index < -0.39 is 11.4 Å². The number of carbonyl (C=O) groups is 1. The van der Waals surface area contributed by atoms with E-state index in [1.54, 1.807) is 11.3 Å². The average Bonchev–Trinajstić information content (AvgIpc) is 3.12. The van der Waals surface area contributed by atoms with Crippen LogP contribution in [0.3, 0.4) is 0 Å². The van der Waals surface area contributed by atoms with Crippen molar-refractivity contribution in [1.29, 1.82) is 0 Å². The van der Waals surface area contributed by atoms with E-state index in [4.69, 9.17) is 4.52 Å². The first-order valence-corrected chi connectivity index (χ1v) is 8.13. The highest BCUT2D eigenvalue weighted by Gasteiger charge is 2.41. The summed E-state index contributed by atoms with van der Waals surface area (Å²) in [5, 5.41) is 15.6. The van der Waals surface area contributed by atoms with Crippen LogP contribution in [0.4, 0.5) is 0 Å². The third-order valence-corrected chi connectivity index (χ3v) is 5.05. The third kappa shape index (κ3) is 3.15. The average molecular weight is 306 g/mol. The predicted octanol–water partition coefficient (Wildman–Crippen LogP) is 3.30. The Morgan fingerprint density at radius 3 is 2.86 bits per heavy atom. The molecule has 1 aliphatic rings. The summed E-state index contributed by atoms with van der Waals surface area (Å²) in [5.74, 6) is 0.342. The fourth-order valence-corrected chi connectivity index (χ4v) is 3.69. The first-order valence-electron chi connectivity index (χ1n) is 7.25. The number of rotatable bonds is 5. The molecule has 0 unspecified atom stereocenters. The number of thiophene rings is 1. The Morgan fingerprint density at radius 2 is 2.19 bits per heavy atom. The largest absolute Gasteiger partial charge is 0.481 e. The minimum Gasteiger partial charge on any atom is -0.481 e. The van der Waals surface area contributed by atoms with Gasteiger partial charge < -0.3 is 9.63 Å². The molecule has 2 heterocycles. The van der Waals surface area contributed by atoms with Gasteiger partial charge in [0.25, 0.3) is 0 Å². The predicted molar refractivity (Wildman–Crippen MR) is 78.3 cm³/mol. The Kier molecular flexibility index (Phi) is 4.05. The first-order chi connectivity index (χ1) is 10.2. The second-order valence-corrected chi connectivity index (χ2v) is 6.72. The van der Waals surface area contributed by atoms with Crippen LogP contribution in [-0.2, 0) is 17.6 Å². The Morgan fingerprint density at radius 1 is 1.38 bits per heavy atom. The summed E-state index contributed by atoms with van der Waals surface area (Å²) < 4.78 is 5.27. The van der Waals surface area contributed by atoms with Gasteiger partial charge >= 0.3 is 5.97 Å². The van der Waals surface area contributed by atoms with Crippen molar-refractivity contribution < 1.29 is 14.4 Å². The van der Waals surface area contributed by atoms with Crippen LogP contribution < -0.4 is 0 Å². The minimum atomic E-state index is -0.736. The molecule has 0 aliphatic heterocycles. The van der Waals surface area contributed by atoms with E-state index >= 15 is 0 Å². The highest BCUT2D eigenvalue weighted by molar-refractivity contribution is 7.09. The number of carboxylic acid groups (broad SMARTS) is 1. The van der Waals surface area contributed by atoms with Gasteiger partial charge in [0, 0.05) is 17.7 Å². The lowest BCUT2D eigenvalue weighted by Gasteiger charge is -2.31. The number of nitrogens with zero attached hydrogens (tertiary/aromatic N) is 2. The minimum absolute atomic E-state index is 0.347. The summed E-state index contributed by atoms with van der Waals surface area (Å²) in [5.41, 5.74) is -0.717. The molecule has 2 aromatic rings. The second-order valence-electron chi connectivity index (χ2n) is 5.68. The van der Waals surface area contributed by atoms with Crippen LogP contribution in [0.25, 0.3) is 0 Å². The first kappa shape index (κ1) is 14.3. The lowest BCUT2D eigenvalue weighted by molar-refractivity contribution is -0.151. The molecule has 2 aromatic heterocycles. The van der Waals surface area contributed by atoms with Crippen LogP contribution in [-0.4, -0.2) is 21.2 Å². The van der Waals surface area contributed by atoms with Gasteiger partial charge in [-0.25, -0.2) is 0 Å². The van der Waals surface area contributed by atoms with Gasteiger partial charge in [0.2, 0.25) is 5.89 Å². The van der Waals surface area contributed by atoms with Crippen molar-refractivity contribution in [2.45, 2.75) is 44.9 Å². The second kappa shape index (κ2) is 5.97. The zero-order valence-corrected chi connectivity index (χ0v) is 12.6. The van der Waals surface area contributed by atoms with Gasteiger partial charge in [0.15, 0.2) is 5.82 Å². The normalized spacial score (nSPS) is 17.7. The SMILES string of the molecule is O=C(O)C1(Cc2nc(Cc3cccs3)no2)CCCCC1. The zero-order chi connectivity index (χ0) is 14.7. The molecular formula is C15H18N2O3S. The topological polar surface area (TPSA) is 76.2 Å². The number of hydrogen-bond donors (Lipinski definition) is 1. The van der Waals surface area contributed by atoms with Crippen LogP contribution in [0, 0.1) is 5.41 Å². The molecule has 5 nitrogen and oxygen atoms in total. The summed E-state index contributed by atoms with van der Waals surface area (Å²) in [6.45, 7) is 0. The van der Waals surface area contributed by atoms with Gasteiger partial charge in [-0.2, -0.15) is 4.98 Å². The molecule has 6 heteroatoms. The Bertz CT molecular complexity index is 600. The standard InChI is InChI=1S/C15H18N2O3S/c18-14(19)15(6-2-1-3-7-15)10-13-16-12(17-20-13)9-11-5-4-8-21-11/h4-5,8H,1-3,6-7,9-10H2,(H,18,19). The molecule has 0 saturated heterocycles. The summed E-state index contributed by atoms with van der Waals surface area (Å²) in [7, 11) is 0. The molecule has 112 valence electrons. The van der Waals surface area contributed by atoms with Crippen molar-refractivity contribution in [2.75, 3.05) is 0 Å². The highest BCUT2D eigenvalue weighted by atomic mass is 32.1. The van der Waals surface area contributed by atoms with E-state index in [2.05, 4.69) is 10.1 Å². The van der Waals surface area contributed by atoms with Gasteiger partial charge in [0.1, 0.15) is 0 Å². The Labute approximate surface area is 127 Å². The van der Waals surface area contributed by atoms with Crippen LogP contribution in [0.1, 0.15) is 48.7 Å². The fourth-order valence-electron chi connectivity index (χ4n) is 2.99. The maximum Gasteiger partial charge on any atom is 0.310 e. The summed E-state index contributed by atoms with van der Waals surface area (Å²) in [4.78, 5) is 17.2. The molecule has 0 amide bonds. The monoisotopic (exact) mass is 306 g/mol. The molecule has 0 radical (unpaired) electrons. The maximum atomic E-state index is 11.7. The van der Waals surface area contributed by atoms with Gasteiger partial charge in [-0.05, 0) is 24.3 Å². The highest BCUT2D eigenvalue weighted by Crippen LogP contribution is 2.39. The lowest BCUT2D eigenvalue weighted by atomic mass is 9.72. The van der Waals surface area contributed by atoms with Crippen LogP contribution in [0.2, 0.25) is 0 Å². The number of aliphatic carboxylic acids is 1. The molecule has 21 heavy (non-hydrogen) atoms. The molecule has 0 spiro atoms. The molecule has 0 aromatic carbocycles. The summed E-state index contributed by atoms with van der Waals surface area (Å²) in [6, 6.07) is 4.02. The van der Waals surface area contributed by atoms with Crippen LogP contribution in [0.15, 0.2) is 22.0 Å². The molecule has 0 bridgehead atoms.